The number of nitrogens with one attached hydrogen (secondary N) is 3. The molecule has 5 N–H and O–H groups in total. The van der Waals surface area contributed by atoms with E-state index in [0.29, 0.717) is 36.3 Å². The number of benzene rings is 3. The maximum absolute atomic E-state index is 12.6. The molecule has 0 aliphatic carbocycles. The van der Waals surface area contributed by atoms with Crippen molar-refractivity contribution in [3.05, 3.63) is 119 Å². The van der Waals surface area contributed by atoms with Gasteiger partial charge in [-0.25, -0.2) is 0 Å². The van der Waals surface area contributed by atoms with Gasteiger partial charge in [-0.3, -0.25) is 19.2 Å². The van der Waals surface area contributed by atoms with E-state index in [1.807, 2.05) is 24.3 Å². The van der Waals surface area contributed by atoms with Gasteiger partial charge in [0.05, 0.1) is 0 Å². The molecule has 37 heavy (non-hydrogen) atoms. The summed E-state index contributed by atoms with van der Waals surface area (Å²) in [6.07, 6.45) is 3.44. The van der Waals surface area contributed by atoms with Crippen molar-refractivity contribution in [2.24, 2.45) is 5.73 Å². The molecular formula is C29H30N4O4. The summed E-state index contributed by atoms with van der Waals surface area (Å²) in [6, 6.07) is 20.3. The van der Waals surface area contributed by atoms with Crippen LogP contribution in [0.3, 0.4) is 0 Å². The van der Waals surface area contributed by atoms with Crippen LogP contribution in [0.4, 0.5) is 0 Å². The standard InChI is InChI=1S/C29H30N4O4/c1-2-3-4-15-31-27(35)24-9-6-10-25(17-24)29(37)33-19-21-13-11-20(12-14-21)18-32-28(36)23-8-5-7-22(16-23)26(30)34/h2,5-14,16-17H,1,3-4,15,18-19H2,(H2,30,34)(H,31,35)(H,32,36)(H,33,37). The van der Waals surface area contributed by atoms with Gasteiger partial charge in [0.15, 0.2) is 0 Å². The van der Waals surface area contributed by atoms with E-state index in [9.17, 15) is 19.2 Å². The highest BCUT2D eigenvalue weighted by Gasteiger charge is 2.11. The minimum Gasteiger partial charge on any atom is -0.366 e. The lowest BCUT2D eigenvalue weighted by Gasteiger charge is -2.09. The third-order valence-electron chi connectivity index (χ3n) is 5.60. The van der Waals surface area contributed by atoms with Crippen LogP contribution in [0, 0.1) is 0 Å². The molecule has 190 valence electrons. The molecule has 0 unspecified atom stereocenters. The Morgan fingerprint density at radius 3 is 1.57 bits per heavy atom. The second-order valence-electron chi connectivity index (χ2n) is 8.39. The molecule has 0 aliphatic heterocycles. The van der Waals surface area contributed by atoms with Crippen molar-refractivity contribution in [1.29, 1.82) is 0 Å². The van der Waals surface area contributed by atoms with E-state index in [1.165, 1.54) is 6.07 Å². The molecule has 0 fully saturated rings. The fourth-order valence-electron chi connectivity index (χ4n) is 3.51. The minimum atomic E-state index is -0.592. The third kappa shape index (κ3) is 8.17. The molecule has 0 radical (unpaired) electrons. The van der Waals surface area contributed by atoms with Crippen LogP contribution in [0.2, 0.25) is 0 Å². The molecule has 0 saturated heterocycles. The molecule has 0 atom stereocenters. The van der Waals surface area contributed by atoms with Crippen LogP contribution in [0.5, 0.6) is 0 Å². The van der Waals surface area contributed by atoms with Crippen LogP contribution in [0.1, 0.15) is 65.4 Å². The average Bonchev–Trinajstić information content (AvgIpc) is 2.93. The number of rotatable bonds is 12. The second-order valence-corrected chi connectivity index (χ2v) is 8.39. The van der Waals surface area contributed by atoms with E-state index in [-0.39, 0.29) is 23.3 Å². The molecule has 8 heteroatoms. The minimum absolute atomic E-state index is 0.220. The zero-order valence-electron chi connectivity index (χ0n) is 20.5. The third-order valence-corrected chi connectivity index (χ3v) is 5.60. The summed E-state index contributed by atoms with van der Waals surface area (Å²) in [5.41, 5.74) is 8.48. The van der Waals surface area contributed by atoms with Crippen molar-refractivity contribution in [3.8, 4) is 0 Å². The quantitative estimate of drug-likeness (QED) is 0.225. The monoisotopic (exact) mass is 498 g/mol. The molecule has 3 rings (SSSR count). The maximum atomic E-state index is 12.6. The van der Waals surface area contributed by atoms with Gasteiger partial charge in [-0.2, -0.15) is 0 Å². The van der Waals surface area contributed by atoms with E-state index >= 15 is 0 Å². The van der Waals surface area contributed by atoms with Gasteiger partial charge < -0.3 is 21.7 Å². The maximum Gasteiger partial charge on any atom is 0.251 e. The predicted molar refractivity (Wildman–Crippen MR) is 142 cm³/mol. The van der Waals surface area contributed by atoms with Crippen LogP contribution in [-0.2, 0) is 13.1 Å². The highest BCUT2D eigenvalue weighted by atomic mass is 16.2. The topological polar surface area (TPSA) is 130 Å². The lowest BCUT2D eigenvalue weighted by atomic mass is 10.1. The number of allylic oxidation sites excluding steroid dienone is 1. The summed E-state index contributed by atoms with van der Waals surface area (Å²) in [6.45, 7) is 4.81. The number of nitrogens with two attached hydrogens (primary N) is 1. The summed E-state index contributed by atoms with van der Waals surface area (Å²) in [4.78, 5) is 48.6. The van der Waals surface area contributed by atoms with E-state index in [2.05, 4.69) is 22.5 Å². The molecule has 0 heterocycles. The van der Waals surface area contributed by atoms with Crippen molar-refractivity contribution in [1.82, 2.24) is 16.0 Å². The number of primary amides is 1. The lowest BCUT2D eigenvalue weighted by Crippen LogP contribution is -2.26. The van der Waals surface area contributed by atoms with Gasteiger partial charge in [-0.15, -0.1) is 6.58 Å². The first-order valence-electron chi connectivity index (χ1n) is 11.9. The summed E-state index contributed by atoms with van der Waals surface area (Å²) in [5, 5.41) is 8.50. The van der Waals surface area contributed by atoms with Crippen molar-refractivity contribution in [2.45, 2.75) is 25.9 Å². The Balaban J connectivity index is 1.49. The van der Waals surface area contributed by atoms with E-state index in [4.69, 9.17) is 5.73 Å². The van der Waals surface area contributed by atoms with E-state index in [0.717, 1.165) is 24.0 Å². The highest BCUT2D eigenvalue weighted by molar-refractivity contribution is 6.00. The van der Waals surface area contributed by atoms with Crippen LogP contribution in [0.15, 0.2) is 85.5 Å². The molecule has 0 aromatic heterocycles. The molecular weight excluding hydrogens is 468 g/mol. The van der Waals surface area contributed by atoms with E-state index in [1.54, 1.807) is 48.5 Å². The predicted octanol–water partition coefficient (Wildman–Crippen LogP) is 3.34. The first kappa shape index (κ1) is 26.9. The molecule has 8 nitrogen and oxygen atoms in total. The Bertz CT molecular complexity index is 1290. The summed E-state index contributed by atoms with van der Waals surface area (Å²) in [5.74, 6) is -1.41. The first-order valence-corrected chi connectivity index (χ1v) is 11.9. The van der Waals surface area contributed by atoms with Crippen molar-refractivity contribution in [2.75, 3.05) is 6.54 Å². The Labute approximate surface area is 216 Å². The Hall–Kier alpha value is -4.72. The largest absolute Gasteiger partial charge is 0.366 e. The number of hydrogen-bond acceptors (Lipinski definition) is 4. The summed E-state index contributed by atoms with van der Waals surface area (Å²) < 4.78 is 0. The van der Waals surface area contributed by atoms with Gasteiger partial charge in [-0.1, -0.05) is 42.5 Å². The smallest absolute Gasteiger partial charge is 0.251 e. The van der Waals surface area contributed by atoms with Crippen LogP contribution >= 0.6 is 0 Å². The van der Waals surface area contributed by atoms with Gasteiger partial charge >= 0.3 is 0 Å². The Kier molecular flexibility index (Phi) is 9.73. The number of unbranched alkanes of at least 4 members (excludes halogenated alkanes) is 1. The van der Waals surface area contributed by atoms with E-state index < -0.39 is 5.91 Å². The fraction of sp³-hybridized carbons (Fsp3) is 0.172. The summed E-state index contributed by atoms with van der Waals surface area (Å²) >= 11 is 0. The molecule has 3 aromatic rings. The number of carbonyl (C=O) groups excluding carboxylic acids is 4. The van der Waals surface area contributed by atoms with Gasteiger partial charge in [0.2, 0.25) is 5.91 Å². The first-order chi connectivity index (χ1) is 17.9. The lowest BCUT2D eigenvalue weighted by molar-refractivity contribution is 0.0939. The number of carbonyl (C=O) groups is 4. The zero-order chi connectivity index (χ0) is 26.6. The molecule has 3 aromatic carbocycles. The second kappa shape index (κ2) is 13.4. The molecule has 0 saturated carbocycles. The fourth-order valence-corrected chi connectivity index (χ4v) is 3.51. The van der Waals surface area contributed by atoms with Gasteiger partial charge in [-0.05, 0) is 60.4 Å². The van der Waals surface area contributed by atoms with Crippen molar-refractivity contribution in [3.63, 3.8) is 0 Å². The number of amides is 4. The Morgan fingerprint density at radius 1 is 0.676 bits per heavy atom. The zero-order valence-corrected chi connectivity index (χ0v) is 20.5. The van der Waals surface area contributed by atoms with Crippen LogP contribution < -0.4 is 21.7 Å². The van der Waals surface area contributed by atoms with Crippen LogP contribution in [-0.4, -0.2) is 30.2 Å². The van der Waals surface area contributed by atoms with Gasteiger partial charge in [0.1, 0.15) is 0 Å². The number of hydrogen-bond donors (Lipinski definition) is 4. The normalized spacial score (nSPS) is 10.3. The average molecular weight is 499 g/mol. The Morgan fingerprint density at radius 2 is 1.11 bits per heavy atom. The van der Waals surface area contributed by atoms with Crippen molar-refractivity contribution < 1.29 is 19.2 Å². The molecule has 4 amide bonds. The van der Waals surface area contributed by atoms with Crippen LogP contribution in [0.25, 0.3) is 0 Å². The molecule has 0 aliphatic rings. The summed E-state index contributed by atoms with van der Waals surface area (Å²) in [7, 11) is 0. The van der Waals surface area contributed by atoms with Crippen molar-refractivity contribution >= 4 is 23.6 Å². The van der Waals surface area contributed by atoms with Gasteiger partial charge in [0, 0.05) is 41.9 Å². The molecule has 0 spiro atoms. The van der Waals surface area contributed by atoms with Gasteiger partial charge in [0.25, 0.3) is 17.7 Å². The molecule has 0 bridgehead atoms. The highest BCUT2D eigenvalue weighted by Crippen LogP contribution is 2.09. The SMILES string of the molecule is C=CCCCNC(=O)c1cccc(C(=O)NCc2ccc(CNC(=O)c3cccc(C(N)=O)c3)cc2)c1.